The molecule has 2 aromatic rings. The van der Waals surface area contributed by atoms with Crippen LogP contribution in [0.2, 0.25) is 0 Å². The van der Waals surface area contributed by atoms with Crippen LogP contribution in [0.3, 0.4) is 0 Å². The van der Waals surface area contributed by atoms with Crippen LogP contribution in [0.4, 0.5) is 0 Å². The van der Waals surface area contributed by atoms with Gasteiger partial charge in [-0.1, -0.05) is 11.6 Å². The number of ether oxygens (including phenoxy) is 1. The quantitative estimate of drug-likeness (QED) is 0.913. The number of hydrogen-bond acceptors (Lipinski definition) is 6. The fourth-order valence-electron chi connectivity index (χ4n) is 3.06. The minimum absolute atomic E-state index is 0.240. The first-order chi connectivity index (χ1) is 10.7. The van der Waals surface area contributed by atoms with E-state index in [1.165, 1.54) is 18.4 Å². The smallest absolute Gasteiger partial charge is 0.167 e. The van der Waals surface area contributed by atoms with Crippen molar-refractivity contribution in [2.75, 3.05) is 13.7 Å². The van der Waals surface area contributed by atoms with E-state index in [-0.39, 0.29) is 6.04 Å². The van der Waals surface area contributed by atoms with Gasteiger partial charge in [0, 0.05) is 19.2 Å². The maximum atomic E-state index is 5.28. The van der Waals surface area contributed by atoms with E-state index in [0.717, 1.165) is 42.6 Å². The highest BCUT2D eigenvalue weighted by Gasteiger charge is 2.28. The molecule has 0 saturated carbocycles. The molecule has 0 amide bonds. The van der Waals surface area contributed by atoms with E-state index in [1.807, 2.05) is 13.8 Å². The van der Waals surface area contributed by atoms with Crippen LogP contribution in [0, 0.1) is 13.8 Å². The van der Waals surface area contributed by atoms with E-state index < -0.39 is 0 Å². The molecule has 7 heteroatoms. The maximum Gasteiger partial charge on any atom is 0.167 e. The molecule has 120 valence electrons. The molecule has 0 spiro atoms. The van der Waals surface area contributed by atoms with Crippen molar-refractivity contribution in [3.63, 3.8) is 0 Å². The molecule has 22 heavy (non-hydrogen) atoms. The third kappa shape index (κ3) is 3.05. The van der Waals surface area contributed by atoms with Gasteiger partial charge in [0.25, 0.3) is 0 Å². The van der Waals surface area contributed by atoms with Gasteiger partial charge in [0.05, 0.1) is 11.7 Å². The van der Waals surface area contributed by atoms with Crippen LogP contribution in [0.25, 0.3) is 0 Å². The van der Waals surface area contributed by atoms with Crippen molar-refractivity contribution in [3.05, 3.63) is 28.7 Å². The first kappa shape index (κ1) is 15.2. The molecule has 2 aromatic heterocycles. The Balaban J connectivity index is 1.78. The van der Waals surface area contributed by atoms with Crippen molar-refractivity contribution in [1.82, 2.24) is 25.2 Å². The van der Waals surface area contributed by atoms with Gasteiger partial charge in [-0.15, -0.1) is 0 Å². The second-order valence-corrected chi connectivity index (χ2v) is 5.86. The van der Waals surface area contributed by atoms with E-state index in [9.17, 15) is 0 Å². The largest absolute Gasteiger partial charge is 0.377 e. The van der Waals surface area contributed by atoms with Crippen molar-refractivity contribution >= 4 is 0 Å². The van der Waals surface area contributed by atoms with Gasteiger partial charge >= 0.3 is 0 Å². The fraction of sp³-hybridized carbons (Fsp3) is 0.667. The van der Waals surface area contributed by atoms with Crippen molar-refractivity contribution in [3.8, 4) is 0 Å². The lowest BCUT2D eigenvalue weighted by Crippen LogP contribution is -2.33. The Kier molecular flexibility index (Phi) is 4.54. The number of methoxy groups -OCH3 is 1. The maximum absolute atomic E-state index is 5.28. The summed E-state index contributed by atoms with van der Waals surface area (Å²) in [4.78, 5) is 7.00. The van der Waals surface area contributed by atoms with E-state index in [4.69, 9.17) is 9.26 Å². The number of piperidine rings is 1. The molecule has 7 nitrogen and oxygen atoms in total. The van der Waals surface area contributed by atoms with E-state index in [1.54, 1.807) is 7.11 Å². The summed E-state index contributed by atoms with van der Waals surface area (Å²) in [5, 5.41) is 11.4. The summed E-state index contributed by atoms with van der Waals surface area (Å²) in [6.45, 7) is 6.30. The zero-order valence-electron chi connectivity index (χ0n) is 13.4. The van der Waals surface area contributed by atoms with Gasteiger partial charge in [0.15, 0.2) is 11.6 Å². The van der Waals surface area contributed by atoms with Crippen LogP contribution in [-0.2, 0) is 17.9 Å². The molecule has 1 N–H and O–H groups in total. The minimum Gasteiger partial charge on any atom is -0.377 e. The van der Waals surface area contributed by atoms with Crippen molar-refractivity contribution in [2.45, 2.75) is 52.3 Å². The molecule has 0 bridgehead atoms. The van der Waals surface area contributed by atoms with Gasteiger partial charge in [-0.05, 0) is 33.2 Å². The molecule has 1 aliphatic rings. The Morgan fingerprint density at radius 3 is 2.95 bits per heavy atom. The average Bonchev–Trinajstić information content (AvgIpc) is 3.10. The lowest BCUT2D eigenvalue weighted by atomic mass is 10.0. The molecule has 3 rings (SSSR count). The summed E-state index contributed by atoms with van der Waals surface area (Å²) < 4.78 is 10.4. The minimum atomic E-state index is 0.240. The average molecular weight is 305 g/mol. The number of likely N-dealkylation sites (tertiary alicyclic amines) is 1. The number of nitrogens with zero attached hydrogens (tertiary/aromatic N) is 4. The molecule has 1 fully saturated rings. The predicted molar refractivity (Wildman–Crippen MR) is 80.1 cm³/mol. The molecule has 0 aromatic carbocycles. The van der Waals surface area contributed by atoms with E-state index >= 15 is 0 Å². The standard InChI is InChI=1S/C15H23N5O2/c1-10-12(11(2)22-19-10)8-20-7-5-4-6-13(20)15-16-14(9-21-3)17-18-15/h13H,4-9H2,1-3H3,(H,16,17,18)/t13-/m0/s1. The molecule has 0 unspecified atom stereocenters. The van der Waals surface area contributed by atoms with Crippen molar-refractivity contribution < 1.29 is 9.26 Å². The second kappa shape index (κ2) is 6.58. The zero-order valence-corrected chi connectivity index (χ0v) is 13.4. The monoisotopic (exact) mass is 305 g/mol. The van der Waals surface area contributed by atoms with Crippen LogP contribution in [-0.4, -0.2) is 38.9 Å². The third-order valence-electron chi connectivity index (χ3n) is 4.28. The summed E-state index contributed by atoms with van der Waals surface area (Å²) >= 11 is 0. The molecule has 0 radical (unpaired) electrons. The van der Waals surface area contributed by atoms with Gasteiger partial charge in [-0.2, -0.15) is 5.10 Å². The highest BCUT2D eigenvalue weighted by atomic mass is 16.5. The lowest BCUT2D eigenvalue weighted by molar-refractivity contribution is 0.132. The molecule has 0 aliphatic carbocycles. The van der Waals surface area contributed by atoms with Crippen molar-refractivity contribution in [2.24, 2.45) is 0 Å². The third-order valence-corrected chi connectivity index (χ3v) is 4.28. The molecule has 1 aliphatic heterocycles. The summed E-state index contributed by atoms with van der Waals surface area (Å²) in [6, 6.07) is 0.240. The summed E-state index contributed by atoms with van der Waals surface area (Å²) in [5.74, 6) is 2.54. The number of H-pyrrole nitrogens is 1. The number of aromatic amines is 1. The number of aromatic nitrogens is 4. The number of aryl methyl sites for hydroxylation is 2. The molecule has 1 atom stereocenters. The highest BCUT2D eigenvalue weighted by molar-refractivity contribution is 5.21. The second-order valence-electron chi connectivity index (χ2n) is 5.86. The molecule has 3 heterocycles. The fourth-order valence-corrected chi connectivity index (χ4v) is 3.06. The first-order valence-electron chi connectivity index (χ1n) is 7.75. The molecular weight excluding hydrogens is 282 g/mol. The van der Waals surface area contributed by atoms with Crippen LogP contribution >= 0.6 is 0 Å². The van der Waals surface area contributed by atoms with Gasteiger partial charge in [-0.3, -0.25) is 10.00 Å². The van der Waals surface area contributed by atoms with Crippen LogP contribution in [0.5, 0.6) is 0 Å². The number of nitrogens with one attached hydrogen (secondary N) is 1. The SMILES string of the molecule is COCc1nc([C@@H]2CCCCN2Cc2c(C)noc2C)n[nH]1. The van der Waals surface area contributed by atoms with Crippen LogP contribution in [0.15, 0.2) is 4.52 Å². The predicted octanol–water partition coefficient (Wildman–Crippen LogP) is 2.28. The van der Waals surface area contributed by atoms with Crippen LogP contribution in [0.1, 0.15) is 54.0 Å². The Labute approximate surface area is 130 Å². The number of rotatable bonds is 5. The van der Waals surface area contributed by atoms with E-state index in [0.29, 0.717) is 6.61 Å². The Hall–Kier alpha value is -1.73. The van der Waals surface area contributed by atoms with Gasteiger partial charge in [-0.25, -0.2) is 4.98 Å². The summed E-state index contributed by atoms with van der Waals surface area (Å²) in [5.41, 5.74) is 2.15. The van der Waals surface area contributed by atoms with Crippen molar-refractivity contribution in [1.29, 1.82) is 0 Å². The summed E-state index contributed by atoms with van der Waals surface area (Å²) in [7, 11) is 1.66. The van der Waals surface area contributed by atoms with Gasteiger partial charge in [0.1, 0.15) is 12.4 Å². The van der Waals surface area contributed by atoms with Gasteiger partial charge < -0.3 is 9.26 Å². The van der Waals surface area contributed by atoms with Gasteiger partial charge in [0.2, 0.25) is 0 Å². The highest BCUT2D eigenvalue weighted by Crippen LogP contribution is 2.31. The Morgan fingerprint density at radius 1 is 1.36 bits per heavy atom. The van der Waals surface area contributed by atoms with Crippen LogP contribution < -0.4 is 0 Å². The first-order valence-corrected chi connectivity index (χ1v) is 7.75. The molecule has 1 saturated heterocycles. The normalized spacial score (nSPS) is 19.7. The Bertz CT molecular complexity index is 602. The zero-order chi connectivity index (χ0) is 15.5. The number of hydrogen-bond donors (Lipinski definition) is 1. The lowest BCUT2D eigenvalue weighted by Gasteiger charge is -2.33. The van der Waals surface area contributed by atoms with E-state index in [2.05, 4.69) is 25.2 Å². The summed E-state index contributed by atoms with van der Waals surface area (Å²) in [6.07, 6.45) is 3.49. The Morgan fingerprint density at radius 2 is 2.23 bits per heavy atom. The topological polar surface area (TPSA) is 80.1 Å². The molecular formula is C15H23N5O2.